The molecule has 0 aromatic heterocycles. The van der Waals surface area contributed by atoms with Crippen molar-refractivity contribution in [1.82, 2.24) is 5.32 Å². The molecule has 1 fully saturated rings. The Morgan fingerprint density at radius 2 is 2.35 bits per heavy atom. The first-order chi connectivity index (χ1) is 8.15. The lowest BCUT2D eigenvalue weighted by atomic mass is 9.99. The van der Waals surface area contributed by atoms with Crippen LogP contribution in [-0.4, -0.2) is 38.4 Å². The van der Waals surface area contributed by atoms with Crippen LogP contribution in [0.4, 0.5) is 0 Å². The van der Waals surface area contributed by atoms with Gasteiger partial charge in [0.1, 0.15) is 0 Å². The summed E-state index contributed by atoms with van der Waals surface area (Å²) in [4.78, 5) is 11.8. The van der Waals surface area contributed by atoms with Crippen LogP contribution in [0.2, 0.25) is 0 Å². The Kier molecular flexibility index (Phi) is 6.22. The zero-order chi connectivity index (χ0) is 12.7. The third-order valence-corrected chi connectivity index (χ3v) is 2.84. The molecule has 1 amide bonds. The van der Waals surface area contributed by atoms with E-state index in [1.54, 1.807) is 0 Å². The zero-order valence-electron chi connectivity index (χ0n) is 10.8. The molecule has 4 nitrogen and oxygen atoms in total. The number of amides is 1. The van der Waals surface area contributed by atoms with E-state index in [-0.39, 0.29) is 17.9 Å². The number of hydrogen-bond acceptors (Lipinski definition) is 3. The van der Waals surface area contributed by atoms with Crippen LogP contribution in [0.3, 0.4) is 0 Å². The average molecular weight is 241 g/mol. The zero-order valence-corrected chi connectivity index (χ0v) is 10.8. The predicted octanol–water partition coefficient (Wildman–Crippen LogP) is 1.51. The molecular weight excluding hydrogens is 218 g/mol. The molecule has 98 valence electrons. The van der Waals surface area contributed by atoms with Crippen molar-refractivity contribution in [2.75, 3.05) is 26.4 Å². The predicted molar refractivity (Wildman–Crippen MR) is 66.8 cm³/mol. The Labute approximate surface area is 103 Å². The summed E-state index contributed by atoms with van der Waals surface area (Å²) in [7, 11) is 0. The Hall–Kier alpha value is -0.870. The van der Waals surface area contributed by atoms with Gasteiger partial charge in [-0.05, 0) is 19.8 Å². The van der Waals surface area contributed by atoms with E-state index in [0.29, 0.717) is 26.4 Å². The Bertz CT molecular complexity index is 265. The average Bonchev–Trinajstić information content (AvgIpc) is 2.75. The number of carbonyl (C=O) groups is 1. The highest BCUT2D eigenvalue weighted by Crippen LogP contribution is 2.23. The van der Waals surface area contributed by atoms with Gasteiger partial charge in [0.2, 0.25) is 5.91 Å². The first-order valence-corrected chi connectivity index (χ1v) is 6.26. The van der Waals surface area contributed by atoms with Gasteiger partial charge in [0.05, 0.1) is 25.2 Å². The number of ether oxygens (including phenoxy) is 2. The van der Waals surface area contributed by atoms with Crippen LogP contribution in [0.1, 0.15) is 26.7 Å². The van der Waals surface area contributed by atoms with E-state index in [1.807, 2.05) is 13.8 Å². The molecule has 0 saturated carbocycles. The normalized spacial score (nSPS) is 23.6. The summed E-state index contributed by atoms with van der Waals surface area (Å²) in [6, 6.07) is 0. The Morgan fingerprint density at radius 3 is 3.00 bits per heavy atom. The fourth-order valence-corrected chi connectivity index (χ4v) is 1.97. The van der Waals surface area contributed by atoms with Crippen molar-refractivity contribution in [3.8, 4) is 0 Å². The molecule has 0 aromatic carbocycles. The largest absolute Gasteiger partial charge is 0.377 e. The molecular formula is C13H23NO3. The monoisotopic (exact) mass is 241 g/mol. The van der Waals surface area contributed by atoms with Gasteiger partial charge >= 0.3 is 0 Å². The summed E-state index contributed by atoms with van der Waals surface area (Å²) in [6.45, 7) is 10.0. The summed E-state index contributed by atoms with van der Waals surface area (Å²) in [5, 5.41) is 2.89. The molecule has 17 heavy (non-hydrogen) atoms. The van der Waals surface area contributed by atoms with Gasteiger partial charge in [-0.15, -0.1) is 0 Å². The highest BCUT2D eigenvalue weighted by Gasteiger charge is 2.32. The van der Waals surface area contributed by atoms with Gasteiger partial charge in [0, 0.05) is 13.2 Å². The second-order valence-corrected chi connectivity index (χ2v) is 4.51. The highest BCUT2D eigenvalue weighted by molar-refractivity contribution is 5.79. The van der Waals surface area contributed by atoms with Crippen molar-refractivity contribution in [3.63, 3.8) is 0 Å². The second kappa shape index (κ2) is 7.45. The third kappa shape index (κ3) is 4.88. The van der Waals surface area contributed by atoms with Gasteiger partial charge in [-0.25, -0.2) is 0 Å². The van der Waals surface area contributed by atoms with Gasteiger partial charge in [0.25, 0.3) is 0 Å². The molecule has 4 heteroatoms. The minimum atomic E-state index is 0.0149. The standard InChI is InChI=1S/C13H23NO3/c1-4-12-11(5-7-17-12)13(15)14-6-8-16-9-10(2)3/h11-12H,2,4-9H2,1,3H3,(H,14,15). The van der Waals surface area contributed by atoms with Crippen molar-refractivity contribution in [2.24, 2.45) is 5.92 Å². The van der Waals surface area contributed by atoms with Crippen LogP contribution in [0.25, 0.3) is 0 Å². The van der Waals surface area contributed by atoms with Crippen molar-refractivity contribution in [2.45, 2.75) is 32.8 Å². The number of hydrogen-bond donors (Lipinski definition) is 1. The van der Waals surface area contributed by atoms with Gasteiger partial charge in [0.15, 0.2) is 0 Å². The van der Waals surface area contributed by atoms with Crippen molar-refractivity contribution in [3.05, 3.63) is 12.2 Å². The van der Waals surface area contributed by atoms with Crippen LogP contribution >= 0.6 is 0 Å². The molecule has 1 rings (SSSR count). The van der Waals surface area contributed by atoms with Gasteiger partial charge in [-0.2, -0.15) is 0 Å². The van der Waals surface area contributed by atoms with Crippen LogP contribution in [0.5, 0.6) is 0 Å². The van der Waals surface area contributed by atoms with E-state index in [1.165, 1.54) is 0 Å². The molecule has 0 aromatic rings. The van der Waals surface area contributed by atoms with Crippen LogP contribution in [0, 0.1) is 5.92 Å². The van der Waals surface area contributed by atoms with Crippen LogP contribution in [0.15, 0.2) is 12.2 Å². The molecule has 0 aliphatic carbocycles. The molecule has 0 bridgehead atoms. The Balaban J connectivity index is 2.14. The number of nitrogens with one attached hydrogen (secondary N) is 1. The van der Waals surface area contributed by atoms with Crippen LogP contribution < -0.4 is 5.32 Å². The van der Waals surface area contributed by atoms with Crippen molar-refractivity contribution >= 4 is 5.91 Å². The number of rotatable bonds is 7. The van der Waals surface area contributed by atoms with Gasteiger partial charge < -0.3 is 14.8 Å². The quantitative estimate of drug-likeness (QED) is 0.543. The lowest BCUT2D eigenvalue weighted by Gasteiger charge is -2.16. The minimum absolute atomic E-state index is 0.0149. The summed E-state index contributed by atoms with van der Waals surface area (Å²) in [6.07, 6.45) is 1.81. The maximum atomic E-state index is 11.8. The van der Waals surface area contributed by atoms with E-state index < -0.39 is 0 Å². The van der Waals surface area contributed by atoms with Crippen molar-refractivity contribution in [1.29, 1.82) is 0 Å². The summed E-state index contributed by atoms with van der Waals surface area (Å²) in [5.74, 6) is 0.106. The maximum Gasteiger partial charge on any atom is 0.225 e. The molecule has 2 unspecified atom stereocenters. The third-order valence-electron chi connectivity index (χ3n) is 2.84. The molecule has 0 radical (unpaired) electrons. The minimum Gasteiger partial charge on any atom is -0.377 e. The summed E-state index contributed by atoms with van der Waals surface area (Å²) in [5.41, 5.74) is 0.992. The van der Waals surface area contributed by atoms with E-state index in [9.17, 15) is 4.79 Å². The molecule has 1 heterocycles. The summed E-state index contributed by atoms with van der Waals surface area (Å²) >= 11 is 0. The topological polar surface area (TPSA) is 47.6 Å². The van der Waals surface area contributed by atoms with Gasteiger partial charge in [-0.3, -0.25) is 4.79 Å². The fourth-order valence-electron chi connectivity index (χ4n) is 1.97. The lowest BCUT2D eigenvalue weighted by Crippen LogP contribution is -2.36. The molecule has 2 atom stereocenters. The molecule has 1 aliphatic rings. The highest BCUT2D eigenvalue weighted by atomic mass is 16.5. The second-order valence-electron chi connectivity index (χ2n) is 4.51. The maximum absolute atomic E-state index is 11.8. The lowest BCUT2D eigenvalue weighted by molar-refractivity contribution is -0.126. The van der Waals surface area contributed by atoms with E-state index in [2.05, 4.69) is 11.9 Å². The molecule has 1 N–H and O–H groups in total. The van der Waals surface area contributed by atoms with E-state index in [0.717, 1.165) is 18.4 Å². The fraction of sp³-hybridized carbons (Fsp3) is 0.769. The SMILES string of the molecule is C=C(C)COCCNC(=O)C1CCOC1CC. The smallest absolute Gasteiger partial charge is 0.225 e. The van der Waals surface area contributed by atoms with Crippen molar-refractivity contribution < 1.29 is 14.3 Å². The first kappa shape index (κ1) is 14.2. The van der Waals surface area contributed by atoms with Crippen LogP contribution in [-0.2, 0) is 14.3 Å². The van der Waals surface area contributed by atoms with E-state index in [4.69, 9.17) is 9.47 Å². The van der Waals surface area contributed by atoms with Gasteiger partial charge in [-0.1, -0.05) is 19.1 Å². The Morgan fingerprint density at radius 1 is 1.59 bits per heavy atom. The molecule has 0 spiro atoms. The molecule has 1 aliphatic heterocycles. The number of carbonyl (C=O) groups excluding carboxylic acids is 1. The molecule has 1 saturated heterocycles. The first-order valence-electron chi connectivity index (χ1n) is 6.26. The van der Waals surface area contributed by atoms with E-state index >= 15 is 0 Å². The summed E-state index contributed by atoms with van der Waals surface area (Å²) < 4.78 is 10.8.